The van der Waals surface area contributed by atoms with E-state index in [1.807, 2.05) is 19.1 Å². The first-order valence-corrected chi connectivity index (χ1v) is 8.86. The van der Waals surface area contributed by atoms with Gasteiger partial charge in [-0.2, -0.15) is 5.10 Å². The van der Waals surface area contributed by atoms with Gasteiger partial charge in [-0.15, -0.1) is 5.10 Å². The second-order valence-corrected chi connectivity index (χ2v) is 6.65. The third-order valence-corrected chi connectivity index (χ3v) is 4.67. The Morgan fingerprint density at radius 3 is 2.83 bits per heavy atom. The van der Waals surface area contributed by atoms with Gasteiger partial charge >= 0.3 is 0 Å². The lowest BCUT2D eigenvalue weighted by molar-refractivity contribution is -0.121. The minimum atomic E-state index is 0.0779. The van der Waals surface area contributed by atoms with Crippen LogP contribution in [-0.2, 0) is 9.53 Å². The Balaban J connectivity index is 1.43. The first-order valence-electron chi connectivity index (χ1n) is 8.86. The average molecular weight is 333 g/mol. The molecule has 24 heavy (non-hydrogen) atoms. The fraction of sp³-hybridized carbons (Fsp3) is 0.706. The zero-order valence-electron chi connectivity index (χ0n) is 14.3. The molecule has 7 heteroatoms. The summed E-state index contributed by atoms with van der Waals surface area (Å²) in [4.78, 5) is 14.3. The van der Waals surface area contributed by atoms with Crippen molar-refractivity contribution < 1.29 is 9.53 Å². The molecule has 2 aliphatic heterocycles. The van der Waals surface area contributed by atoms with Crippen molar-refractivity contribution in [3.8, 4) is 0 Å². The van der Waals surface area contributed by atoms with Crippen molar-refractivity contribution >= 4 is 11.7 Å². The number of nitrogens with one attached hydrogen (secondary N) is 2. The first-order chi connectivity index (χ1) is 11.7. The highest BCUT2D eigenvalue weighted by Gasteiger charge is 2.22. The van der Waals surface area contributed by atoms with Gasteiger partial charge in [0, 0.05) is 38.4 Å². The molecule has 7 nitrogen and oxygen atoms in total. The lowest BCUT2D eigenvalue weighted by atomic mass is 10.1. The lowest BCUT2D eigenvalue weighted by Gasteiger charge is -2.33. The van der Waals surface area contributed by atoms with E-state index in [4.69, 9.17) is 4.74 Å². The van der Waals surface area contributed by atoms with Crippen LogP contribution in [0.15, 0.2) is 12.1 Å². The maximum Gasteiger partial charge on any atom is 0.234 e. The third kappa shape index (κ3) is 4.88. The smallest absolute Gasteiger partial charge is 0.234 e. The molecule has 0 spiro atoms. The Hall–Kier alpha value is -1.73. The Bertz CT molecular complexity index is 530. The molecule has 2 aliphatic rings. The normalized spacial score (nSPS) is 22.4. The number of aryl methyl sites for hydroxylation is 1. The molecule has 1 aromatic heterocycles. The maximum absolute atomic E-state index is 12.1. The van der Waals surface area contributed by atoms with Crippen LogP contribution in [0.4, 0.5) is 5.82 Å². The number of hydrogen-bond donors (Lipinski definition) is 2. The largest absolute Gasteiger partial charge is 0.381 e. The topological polar surface area (TPSA) is 79.4 Å². The standard InChI is InChI=1S/C17H27N5O2/c1-13-4-5-16(21-20-13)22-8-2-3-15(12-22)18-11-17(23)19-14-6-9-24-10-7-14/h4-5,14-15,18H,2-3,6-12H2,1H3,(H,19,23)/t15-/m0/s1. The molecule has 0 aromatic carbocycles. The number of ether oxygens (including phenoxy) is 1. The highest BCUT2D eigenvalue weighted by molar-refractivity contribution is 5.78. The summed E-state index contributed by atoms with van der Waals surface area (Å²) in [6, 6.07) is 4.57. The molecule has 1 amide bonds. The van der Waals surface area contributed by atoms with E-state index in [0.717, 1.165) is 63.5 Å². The van der Waals surface area contributed by atoms with Gasteiger partial charge in [-0.25, -0.2) is 0 Å². The van der Waals surface area contributed by atoms with E-state index in [2.05, 4.69) is 25.7 Å². The number of hydrogen-bond acceptors (Lipinski definition) is 6. The van der Waals surface area contributed by atoms with Crippen molar-refractivity contribution in [1.29, 1.82) is 0 Å². The fourth-order valence-electron chi connectivity index (χ4n) is 3.27. The van der Waals surface area contributed by atoms with Crippen LogP contribution in [0.1, 0.15) is 31.4 Å². The zero-order chi connectivity index (χ0) is 16.8. The number of rotatable bonds is 5. The number of aromatic nitrogens is 2. The molecule has 0 unspecified atom stereocenters. The summed E-state index contributed by atoms with van der Waals surface area (Å²) in [5.74, 6) is 0.993. The molecule has 0 saturated carbocycles. The van der Waals surface area contributed by atoms with E-state index in [1.54, 1.807) is 0 Å². The van der Waals surface area contributed by atoms with Gasteiger partial charge in [-0.3, -0.25) is 4.79 Å². The molecule has 2 fully saturated rings. The highest BCUT2D eigenvalue weighted by atomic mass is 16.5. The van der Waals surface area contributed by atoms with Gasteiger partial charge in [0.05, 0.1) is 12.2 Å². The van der Waals surface area contributed by atoms with E-state index in [0.29, 0.717) is 12.6 Å². The van der Waals surface area contributed by atoms with Gasteiger partial charge in [0.2, 0.25) is 5.91 Å². The van der Waals surface area contributed by atoms with Crippen LogP contribution >= 0.6 is 0 Å². The lowest BCUT2D eigenvalue weighted by Crippen LogP contribution is -2.50. The van der Waals surface area contributed by atoms with Crippen LogP contribution in [0.3, 0.4) is 0 Å². The minimum absolute atomic E-state index is 0.0779. The SMILES string of the molecule is Cc1ccc(N2CCC[C@H](NCC(=O)NC3CCOCC3)C2)nn1. The Morgan fingerprint density at radius 2 is 2.08 bits per heavy atom. The van der Waals surface area contributed by atoms with Crippen LogP contribution in [0, 0.1) is 6.92 Å². The molecule has 2 saturated heterocycles. The number of carbonyl (C=O) groups is 1. The number of nitrogens with zero attached hydrogens (tertiary/aromatic N) is 3. The molecule has 2 N–H and O–H groups in total. The Morgan fingerprint density at radius 1 is 1.25 bits per heavy atom. The molecule has 0 aliphatic carbocycles. The predicted octanol–water partition coefficient (Wildman–Crippen LogP) is 0.639. The number of amides is 1. The third-order valence-electron chi connectivity index (χ3n) is 4.67. The van der Waals surface area contributed by atoms with Gasteiger partial charge in [-0.1, -0.05) is 0 Å². The summed E-state index contributed by atoms with van der Waals surface area (Å²) in [5, 5.41) is 14.9. The van der Waals surface area contributed by atoms with Crippen LogP contribution in [0.2, 0.25) is 0 Å². The Labute approximate surface area is 143 Å². The maximum atomic E-state index is 12.1. The molecule has 1 atom stereocenters. The second-order valence-electron chi connectivity index (χ2n) is 6.65. The van der Waals surface area contributed by atoms with Crippen LogP contribution < -0.4 is 15.5 Å². The van der Waals surface area contributed by atoms with Crippen molar-refractivity contribution in [2.45, 2.75) is 44.7 Å². The van der Waals surface area contributed by atoms with Crippen molar-refractivity contribution in [2.75, 3.05) is 37.7 Å². The van der Waals surface area contributed by atoms with E-state index < -0.39 is 0 Å². The molecule has 3 heterocycles. The quantitative estimate of drug-likeness (QED) is 0.823. The van der Waals surface area contributed by atoms with E-state index in [9.17, 15) is 4.79 Å². The van der Waals surface area contributed by atoms with Gasteiger partial charge in [0.1, 0.15) is 0 Å². The van der Waals surface area contributed by atoms with Crippen LogP contribution in [0.25, 0.3) is 0 Å². The van der Waals surface area contributed by atoms with Gasteiger partial charge in [0.15, 0.2) is 5.82 Å². The van der Waals surface area contributed by atoms with Crippen LogP contribution in [0.5, 0.6) is 0 Å². The summed E-state index contributed by atoms with van der Waals surface area (Å²) in [6.07, 6.45) is 4.00. The average Bonchev–Trinajstić information content (AvgIpc) is 2.62. The van der Waals surface area contributed by atoms with E-state index in [-0.39, 0.29) is 11.9 Å². The van der Waals surface area contributed by atoms with E-state index >= 15 is 0 Å². The van der Waals surface area contributed by atoms with Gasteiger partial charge < -0.3 is 20.3 Å². The molecule has 0 radical (unpaired) electrons. The molecule has 3 rings (SSSR count). The van der Waals surface area contributed by atoms with Crippen molar-refractivity contribution in [3.63, 3.8) is 0 Å². The second kappa shape index (κ2) is 8.39. The molecule has 132 valence electrons. The van der Waals surface area contributed by atoms with E-state index in [1.165, 1.54) is 0 Å². The number of anilines is 1. The summed E-state index contributed by atoms with van der Waals surface area (Å²) >= 11 is 0. The Kier molecular flexibility index (Phi) is 5.98. The predicted molar refractivity (Wildman–Crippen MR) is 92.0 cm³/mol. The first kappa shape index (κ1) is 17.1. The monoisotopic (exact) mass is 333 g/mol. The molecule has 1 aromatic rings. The van der Waals surface area contributed by atoms with Gasteiger partial charge in [0.25, 0.3) is 0 Å². The molecular weight excluding hydrogens is 306 g/mol. The number of carbonyl (C=O) groups excluding carboxylic acids is 1. The van der Waals surface area contributed by atoms with Crippen molar-refractivity contribution in [1.82, 2.24) is 20.8 Å². The van der Waals surface area contributed by atoms with Gasteiger partial charge in [-0.05, 0) is 44.7 Å². The fourth-order valence-corrected chi connectivity index (χ4v) is 3.27. The summed E-state index contributed by atoms with van der Waals surface area (Å²) < 4.78 is 5.31. The minimum Gasteiger partial charge on any atom is -0.381 e. The summed E-state index contributed by atoms with van der Waals surface area (Å²) in [6.45, 7) is 5.65. The highest BCUT2D eigenvalue weighted by Crippen LogP contribution is 2.17. The summed E-state index contributed by atoms with van der Waals surface area (Å²) in [5.41, 5.74) is 0.926. The molecular formula is C17H27N5O2. The van der Waals surface area contributed by atoms with Crippen molar-refractivity contribution in [2.24, 2.45) is 0 Å². The number of piperidine rings is 1. The zero-order valence-corrected chi connectivity index (χ0v) is 14.3. The molecule has 0 bridgehead atoms. The van der Waals surface area contributed by atoms with Crippen LogP contribution in [-0.4, -0.2) is 61.0 Å². The van der Waals surface area contributed by atoms with Crippen molar-refractivity contribution in [3.05, 3.63) is 17.8 Å². The summed E-state index contributed by atoms with van der Waals surface area (Å²) in [7, 11) is 0.